The van der Waals surface area contributed by atoms with Crippen LogP contribution in [0.3, 0.4) is 0 Å². The third-order valence-electron chi connectivity index (χ3n) is 3.82. The van der Waals surface area contributed by atoms with E-state index in [0.717, 1.165) is 6.54 Å². The van der Waals surface area contributed by atoms with Crippen molar-refractivity contribution in [3.05, 3.63) is 65.5 Å². The molecule has 1 aliphatic rings. The average molecular weight is 238 g/mol. The van der Waals surface area contributed by atoms with Crippen molar-refractivity contribution in [2.75, 3.05) is 6.54 Å². The van der Waals surface area contributed by atoms with Crippen LogP contribution in [0.15, 0.2) is 48.8 Å². The van der Waals surface area contributed by atoms with E-state index in [1.54, 1.807) is 0 Å². The van der Waals surface area contributed by atoms with E-state index in [1.807, 2.05) is 18.5 Å². The Bertz CT molecular complexity index is 520. The zero-order valence-corrected chi connectivity index (χ0v) is 10.6. The van der Waals surface area contributed by atoms with Gasteiger partial charge >= 0.3 is 0 Å². The molecule has 0 bridgehead atoms. The minimum atomic E-state index is 0.367. The summed E-state index contributed by atoms with van der Waals surface area (Å²) in [6.45, 7) is 3.24. The molecule has 2 heteroatoms. The van der Waals surface area contributed by atoms with E-state index in [4.69, 9.17) is 0 Å². The lowest BCUT2D eigenvalue weighted by Gasteiger charge is -2.31. The quantitative estimate of drug-likeness (QED) is 0.885. The van der Waals surface area contributed by atoms with Crippen LogP contribution in [0, 0.1) is 0 Å². The van der Waals surface area contributed by atoms with Crippen LogP contribution in [0.25, 0.3) is 0 Å². The van der Waals surface area contributed by atoms with E-state index in [1.165, 1.54) is 23.1 Å². The SMILES string of the molecule is CC(NCC1Cc2ccccc21)c1cccnc1. The van der Waals surface area contributed by atoms with Crippen molar-refractivity contribution in [3.8, 4) is 0 Å². The van der Waals surface area contributed by atoms with E-state index >= 15 is 0 Å². The smallest absolute Gasteiger partial charge is 0.0315 e. The number of fused-ring (bicyclic) bond motifs is 1. The monoisotopic (exact) mass is 238 g/mol. The van der Waals surface area contributed by atoms with Crippen molar-refractivity contribution < 1.29 is 0 Å². The van der Waals surface area contributed by atoms with Gasteiger partial charge in [-0.05, 0) is 36.1 Å². The second-order valence-corrected chi connectivity index (χ2v) is 5.02. The van der Waals surface area contributed by atoms with Gasteiger partial charge in [-0.3, -0.25) is 4.98 Å². The van der Waals surface area contributed by atoms with E-state index in [-0.39, 0.29) is 0 Å². The molecule has 2 nitrogen and oxygen atoms in total. The molecule has 18 heavy (non-hydrogen) atoms. The van der Waals surface area contributed by atoms with Gasteiger partial charge in [0.15, 0.2) is 0 Å². The number of benzene rings is 1. The van der Waals surface area contributed by atoms with Crippen LogP contribution in [0.2, 0.25) is 0 Å². The lowest BCUT2D eigenvalue weighted by Crippen LogP contribution is -2.30. The van der Waals surface area contributed by atoms with Crippen LogP contribution < -0.4 is 5.32 Å². The zero-order valence-electron chi connectivity index (χ0n) is 10.6. The first-order chi connectivity index (χ1) is 8.84. The lowest BCUT2D eigenvalue weighted by molar-refractivity contribution is 0.488. The fraction of sp³-hybridized carbons (Fsp3) is 0.312. The maximum Gasteiger partial charge on any atom is 0.0315 e. The van der Waals surface area contributed by atoms with Crippen LogP contribution in [0.5, 0.6) is 0 Å². The largest absolute Gasteiger partial charge is 0.310 e. The summed E-state index contributed by atoms with van der Waals surface area (Å²) >= 11 is 0. The molecule has 3 rings (SSSR count). The number of nitrogens with one attached hydrogen (secondary N) is 1. The van der Waals surface area contributed by atoms with Crippen molar-refractivity contribution in [3.63, 3.8) is 0 Å². The second kappa shape index (κ2) is 4.91. The van der Waals surface area contributed by atoms with Crippen molar-refractivity contribution in [2.45, 2.75) is 25.3 Å². The molecule has 0 saturated heterocycles. The minimum Gasteiger partial charge on any atom is -0.310 e. The normalized spacial score (nSPS) is 18.8. The van der Waals surface area contributed by atoms with Gasteiger partial charge in [-0.2, -0.15) is 0 Å². The Balaban J connectivity index is 1.58. The number of nitrogens with zero attached hydrogens (tertiary/aromatic N) is 1. The van der Waals surface area contributed by atoms with E-state index < -0.39 is 0 Å². The molecular formula is C16H18N2. The molecule has 2 aromatic rings. The molecule has 2 unspecified atom stereocenters. The Labute approximate surface area is 108 Å². The Morgan fingerprint density at radius 2 is 2.17 bits per heavy atom. The molecule has 0 saturated carbocycles. The fourth-order valence-electron chi connectivity index (χ4n) is 2.61. The van der Waals surface area contributed by atoms with Crippen LogP contribution in [-0.4, -0.2) is 11.5 Å². The van der Waals surface area contributed by atoms with Gasteiger partial charge in [0.2, 0.25) is 0 Å². The molecule has 0 aliphatic heterocycles. The highest BCUT2D eigenvalue weighted by Crippen LogP contribution is 2.34. The Morgan fingerprint density at radius 3 is 2.94 bits per heavy atom. The summed E-state index contributed by atoms with van der Waals surface area (Å²) in [6, 6.07) is 13.2. The number of pyridine rings is 1. The summed E-state index contributed by atoms with van der Waals surface area (Å²) in [5.74, 6) is 0.681. The molecule has 1 heterocycles. The molecule has 0 fully saturated rings. The molecule has 1 N–H and O–H groups in total. The zero-order chi connectivity index (χ0) is 12.4. The van der Waals surface area contributed by atoms with Crippen molar-refractivity contribution in [1.82, 2.24) is 10.3 Å². The minimum absolute atomic E-state index is 0.367. The first-order valence-corrected chi connectivity index (χ1v) is 6.55. The molecule has 1 aromatic carbocycles. The fourth-order valence-corrected chi connectivity index (χ4v) is 2.61. The molecular weight excluding hydrogens is 220 g/mol. The molecule has 1 aromatic heterocycles. The van der Waals surface area contributed by atoms with Gasteiger partial charge in [-0.1, -0.05) is 30.3 Å². The van der Waals surface area contributed by atoms with Gasteiger partial charge < -0.3 is 5.32 Å². The predicted molar refractivity (Wildman–Crippen MR) is 73.5 cm³/mol. The molecule has 0 amide bonds. The highest BCUT2D eigenvalue weighted by molar-refractivity contribution is 5.40. The summed E-state index contributed by atoms with van der Waals surface area (Å²) in [4.78, 5) is 4.16. The summed E-state index contributed by atoms with van der Waals surface area (Å²) in [7, 11) is 0. The van der Waals surface area contributed by atoms with E-state index in [0.29, 0.717) is 12.0 Å². The highest BCUT2D eigenvalue weighted by Gasteiger charge is 2.25. The van der Waals surface area contributed by atoms with Gasteiger partial charge in [-0.15, -0.1) is 0 Å². The molecule has 0 radical (unpaired) electrons. The van der Waals surface area contributed by atoms with Crippen molar-refractivity contribution in [2.24, 2.45) is 0 Å². The van der Waals surface area contributed by atoms with Crippen LogP contribution >= 0.6 is 0 Å². The van der Waals surface area contributed by atoms with E-state index in [2.05, 4.69) is 47.6 Å². The third kappa shape index (κ3) is 2.16. The first kappa shape index (κ1) is 11.4. The maximum atomic E-state index is 4.16. The Kier molecular flexibility index (Phi) is 3.11. The summed E-state index contributed by atoms with van der Waals surface area (Å²) in [6.07, 6.45) is 4.97. The molecule has 0 spiro atoms. The van der Waals surface area contributed by atoms with Crippen LogP contribution in [-0.2, 0) is 6.42 Å². The standard InChI is InChI=1S/C16H18N2/c1-12(14-6-4-8-17-10-14)18-11-15-9-13-5-2-3-7-16(13)15/h2-8,10,12,15,18H,9,11H2,1H3. The van der Waals surface area contributed by atoms with Gasteiger partial charge in [-0.25, -0.2) is 0 Å². The first-order valence-electron chi connectivity index (χ1n) is 6.55. The number of hydrogen-bond acceptors (Lipinski definition) is 2. The molecule has 92 valence electrons. The maximum absolute atomic E-state index is 4.16. The van der Waals surface area contributed by atoms with Crippen LogP contribution in [0.1, 0.15) is 35.6 Å². The topological polar surface area (TPSA) is 24.9 Å². The summed E-state index contributed by atoms with van der Waals surface area (Å²) in [5.41, 5.74) is 4.28. The number of aromatic nitrogens is 1. The third-order valence-corrected chi connectivity index (χ3v) is 3.82. The highest BCUT2D eigenvalue weighted by atomic mass is 14.9. The summed E-state index contributed by atoms with van der Waals surface area (Å²) in [5, 5.41) is 3.60. The average Bonchev–Trinajstić information content (AvgIpc) is 2.40. The lowest BCUT2D eigenvalue weighted by atomic mass is 9.77. The predicted octanol–water partition coefficient (Wildman–Crippen LogP) is 3.07. The van der Waals surface area contributed by atoms with Crippen molar-refractivity contribution >= 4 is 0 Å². The Morgan fingerprint density at radius 1 is 1.28 bits per heavy atom. The van der Waals surface area contributed by atoms with Gasteiger partial charge in [0.25, 0.3) is 0 Å². The summed E-state index contributed by atoms with van der Waals surface area (Å²) < 4.78 is 0. The molecule has 2 atom stereocenters. The van der Waals surface area contributed by atoms with Gasteiger partial charge in [0.1, 0.15) is 0 Å². The van der Waals surface area contributed by atoms with Gasteiger partial charge in [0.05, 0.1) is 0 Å². The van der Waals surface area contributed by atoms with E-state index in [9.17, 15) is 0 Å². The van der Waals surface area contributed by atoms with Crippen LogP contribution in [0.4, 0.5) is 0 Å². The second-order valence-electron chi connectivity index (χ2n) is 5.02. The number of rotatable bonds is 4. The van der Waals surface area contributed by atoms with Gasteiger partial charge in [0, 0.05) is 30.9 Å². The number of hydrogen-bond donors (Lipinski definition) is 1. The molecule has 1 aliphatic carbocycles. The Hall–Kier alpha value is -1.67. The van der Waals surface area contributed by atoms with Crippen molar-refractivity contribution in [1.29, 1.82) is 0 Å².